The van der Waals surface area contributed by atoms with Crippen molar-refractivity contribution in [3.05, 3.63) is 24.0 Å². The summed E-state index contributed by atoms with van der Waals surface area (Å²) in [5.41, 5.74) is 5.06. The minimum absolute atomic E-state index is 0.0563. The van der Waals surface area contributed by atoms with Crippen molar-refractivity contribution >= 4 is 16.8 Å². The zero-order valence-electron chi connectivity index (χ0n) is 5.41. The Morgan fingerprint density at radius 3 is 2.64 bits per heavy atom. The first-order chi connectivity index (χ1) is 5.11. The zero-order chi connectivity index (χ0) is 8.43. The Morgan fingerprint density at radius 1 is 1.55 bits per heavy atom. The number of halogens is 1. The summed E-state index contributed by atoms with van der Waals surface area (Å²) in [5, 5.41) is 0. The number of hydrogen-bond acceptors (Lipinski definition) is 3. The van der Waals surface area contributed by atoms with Crippen LogP contribution in [0.3, 0.4) is 0 Å². The fourth-order valence-electron chi connectivity index (χ4n) is 0.612. The van der Waals surface area contributed by atoms with Crippen LogP contribution in [0.4, 0.5) is 10.1 Å². The summed E-state index contributed by atoms with van der Waals surface area (Å²) in [6.07, 6.45) is 0. The van der Waals surface area contributed by atoms with Crippen molar-refractivity contribution in [1.29, 1.82) is 0 Å². The Labute approximate surface area is 65.3 Å². The second kappa shape index (κ2) is 2.98. The summed E-state index contributed by atoms with van der Waals surface area (Å²) in [6, 6.07) is 3.32. The highest BCUT2D eigenvalue weighted by molar-refractivity contribution is 7.79. The van der Waals surface area contributed by atoms with Gasteiger partial charge in [-0.1, -0.05) is 0 Å². The Kier molecular flexibility index (Phi) is 2.21. The van der Waals surface area contributed by atoms with Crippen molar-refractivity contribution in [2.75, 3.05) is 5.73 Å². The molecule has 1 unspecified atom stereocenters. The predicted octanol–water partition coefficient (Wildman–Crippen LogP) is 0.646. The number of nitrogens with two attached hydrogens (primary N) is 1. The van der Waals surface area contributed by atoms with Crippen LogP contribution in [-0.4, -0.2) is 8.76 Å². The summed E-state index contributed by atoms with van der Waals surface area (Å²) >= 11 is -2.39. The standard InChI is InChI=1S/C6H6FNO2S/c7-5-3-4(11(9)10)1-2-6(5)8/h1-3H,8H2,(H,9,10)/p-1. The average Bonchev–Trinajstić information content (AvgIpc) is 1.94. The fourth-order valence-corrected chi connectivity index (χ4v) is 0.990. The molecule has 0 saturated carbocycles. The molecule has 0 fully saturated rings. The molecule has 60 valence electrons. The van der Waals surface area contributed by atoms with Gasteiger partial charge in [-0.2, -0.15) is 0 Å². The van der Waals surface area contributed by atoms with E-state index in [0.717, 1.165) is 6.07 Å². The van der Waals surface area contributed by atoms with Gasteiger partial charge in [0.25, 0.3) is 0 Å². The van der Waals surface area contributed by atoms with Crippen LogP contribution in [0.2, 0.25) is 0 Å². The molecule has 0 aliphatic heterocycles. The first-order valence-electron chi connectivity index (χ1n) is 2.75. The Balaban J connectivity index is 3.15. The molecule has 1 aromatic rings. The lowest BCUT2D eigenvalue weighted by atomic mass is 10.3. The fraction of sp³-hybridized carbons (Fsp3) is 0. The van der Waals surface area contributed by atoms with E-state index in [1.807, 2.05) is 0 Å². The summed E-state index contributed by atoms with van der Waals surface area (Å²) in [6.45, 7) is 0. The van der Waals surface area contributed by atoms with Crippen molar-refractivity contribution in [1.82, 2.24) is 0 Å². The molecule has 0 amide bonds. The van der Waals surface area contributed by atoms with Gasteiger partial charge in [-0.15, -0.1) is 0 Å². The van der Waals surface area contributed by atoms with Crippen LogP contribution < -0.4 is 5.73 Å². The second-order valence-corrected chi connectivity index (χ2v) is 2.86. The van der Waals surface area contributed by atoms with E-state index in [9.17, 15) is 13.2 Å². The summed E-state index contributed by atoms with van der Waals surface area (Å²) in [7, 11) is 0. The smallest absolute Gasteiger partial charge is 0.147 e. The van der Waals surface area contributed by atoms with Crippen LogP contribution >= 0.6 is 0 Å². The molecule has 1 atom stereocenters. The summed E-state index contributed by atoms with van der Waals surface area (Å²) < 4.78 is 33.1. The third kappa shape index (κ3) is 1.75. The maximum absolute atomic E-state index is 12.5. The van der Waals surface area contributed by atoms with E-state index in [4.69, 9.17) is 5.73 Å². The monoisotopic (exact) mass is 174 g/mol. The lowest BCUT2D eigenvalue weighted by Gasteiger charge is -2.04. The van der Waals surface area contributed by atoms with E-state index < -0.39 is 16.9 Å². The van der Waals surface area contributed by atoms with Gasteiger partial charge in [-0.25, -0.2) is 4.39 Å². The molecule has 3 nitrogen and oxygen atoms in total. The lowest BCUT2D eigenvalue weighted by molar-refractivity contribution is 0.535. The van der Waals surface area contributed by atoms with Gasteiger partial charge in [0.05, 0.1) is 5.69 Å². The molecule has 1 rings (SSSR count). The molecule has 0 aliphatic carbocycles. The van der Waals surface area contributed by atoms with Gasteiger partial charge in [0, 0.05) is 4.90 Å². The van der Waals surface area contributed by atoms with Crippen LogP contribution in [0, 0.1) is 5.82 Å². The van der Waals surface area contributed by atoms with E-state index in [-0.39, 0.29) is 10.6 Å². The van der Waals surface area contributed by atoms with E-state index in [2.05, 4.69) is 0 Å². The molecule has 0 heterocycles. The first kappa shape index (κ1) is 8.16. The molecule has 1 aromatic carbocycles. The van der Waals surface area contributed by atoms with Gasteiger partial charge in [0.2, 0.25) is 0 Å². The largest absolute Gasteiger partial charge is 0.768 e. The molecule has 0 radical (unpaired) electrons. The van der Waals surface area contributed by atoms with Crippen LogP contribution in [0.25, 0.3) is 0 Å². The summed E-state index contributed by atoms with van der Waals surface area (Å²) in [5.74, 6) is -0.716. The maximum Gasteiger partial charge on any atom is 0.147 e. The highest BCUT2D eigenvalue weighted by Crippen LogP contribution is 2.13. The quantitative estimate of drug-likeness (QED) is 0.502. The van der Waals surface area contributed by atoms with Crippen LogP contribution in [-0.2, 0) is 11.1 Å². The highest BCUT2D eigenvalue weighted by Gasteiger charge is 1.98. The summed E-state index contributed by atoms with van der Waals surface area (Å²) in [4.78, 5) is -0.100. The molecule has 0 aliphatic rings. The number of anilines is 1. The van der Waals surface area contributed by atoms with Crippen molar-refractivity contribution in [2.24, 2.45) is 0 Å². The Hall–Kier alpha value is -0.940. The Morgan fingerprint density at radius 2 is 2.18 bits per heavy atom. The molecule has 2 N–H and O–H groups in total. The van der Waals surface area contributed by atoms with E-state index >= 15 is 0 Å². The van der Waals surface area contributed by atoms with Crippen molar-refractivity contribution in [2.45, 2.75) is 4.90 Å². The number of nitrogen functional groups attached to an aromatic ring is 1. The van der Waals surface area contributed by atoms with Crippen molar-refractivity contribution in [3.63, 3.8) is 0 Å². The van der Waals surface area contributed by atoms with Gasteiger partial charge in [0.1, 0.15) is 5.82 Å². The maximum atomic E-state index is 12.5. The molecule has 5 heteroatoms. The molecule has 0 bridgehead atoms. The van der Waals surface area contributed by atoms with Gasteiger partial charge >= 0.3 is 0 Å². The molecular weight excluding hydrogens is 169 g/mol. The van der Waals surface area contributed by atoms with Crippen molar-refractivity contribution < 1.29 is 13.2 Å². The SMILES string of the molecule is Nc1ccc(S(=O)[O-])cc1F. The molecule has 0 saturated heterocycles. The number of hydrogen-bond donors (Lipinski definition) is 1. The van der Waals surface area contributed by atoms with Gasteiger partial charge in [-0.05, 0) is 29.3 Å². The van der Waals surface area contributed by atoms with E-state index in [1.54, 1.807) is 0 Å². The highest BCUT2D eigenvalue weighted by atomic mass is 32.2. The zero-order valence-corrected chi connectivity index (χ0v) is 6.23. The van der Waals surface area contributed by atoms with Crippen LogP contribution in [0.5, 0.6) is 0 Å². The minimum atomic E-state index is -2.39. The molecule has 0 spiro atoms. The van der Waals surface area contributed by atoms with Crippen LogP contribution in [0.15, 0.2) is 23.1 Å². The third-order valence-electron chi connectivity index (χ3n) is 1.16. The van der Waals surface area contributed by atoms with Crippen LogP contribution in [0.1, 0.15) is 0 Å². The Bertz CT molecular complexity index is 303. The van der Waals surface area contributed by atoms with E-state index in [1.165, 1.54) is 12.1 Å². The lowest BCUT2D eigenvalue weighted by Crippen LogP contribution is -1.94. The van der Waals surface area contributed by atoms with E-state index in [0.29, 0.717) is 0 Å². The normalized spacial score (nSPS) is 12.9. The molecular formula is C6H5FNO2S-. The number of rotatable bonds is 1. The molecule has 0 aromatic heterocycles. The topological polar surface area (TPSA) is 66.2 Å². The van der Waals surface area contributed by atoms with Gasteiger partial charge in [0.15, 0.2) is 0 Å². The second-order valence-electron chi connectivity index (χ2n) is 1.92. The van der Waals surface area contributed by atoms with Gasteiger partial charge in [-0.3, -0.25) is 4.21 Å². The first-order valence-corrected chi connectivity index (χ1v) is 3.83. The minimum Gasteiger partial charge on any atom is -0.768 e. The number of benzene rings is 1. The van der Waals surface area contributed by atoms with Gasteiger partial charge < -0.3 is 10.3 Å². The van der Waals surface area contributed by atoms with Crippen molar-refractivity contribution in [3.8, 4) is 0 Å². The predicted molar refractivity (Wildman–Crippen MR) is 38.0 cm³/mol. The average molecular weight is 174 g/mol. The third-order valence-corrected chi connectivity index (χ3v) is 1.80. The molecule has 11 heavy (non-hydrogen) atoms.